The Hall–Kier alpha value is -2.12. The van der Waals surface area contributed by atoms with Crippen LogP contribution in [0.25, 0.3) is 0 Å². The lowest BCUT2D eigenvalue weighted by Crippen LogP contribution is -2.47. The first kappa shape index (κ1) is 16.7. The molecule has 0 radical (unpaired) electrons. The van der Waals surface area contributed by atoms with Gasteiger partial charge in [-0.1, -0.05) is 30.3 Å². The maximum Gasteiger partial charge on any atom is 0.257 e. The lowest BCUT2D eigenvalue weighted by atomic mass is 10.0. The van der Waals surface area contributed by atoms with Crippen molar-refractivity contribution in [2.45, 2.75) is 24.9 Å². The zero-order valence-electron chi connectivity index (χ0n) is 13.4. The Balaban J connectivity index is 1.85. The topological polar surface area (TPSA) is 79.6 Å². The molecule has 24 heavy (non-hydrogen) atoms. The maximum atomic E-state index is 12.7. The molecule has 1 saturated heterocycles. The molecule has 1 N–H and O–H groups in total. The van der Waals surface area contributed by atoms with Crippen LogP contribution >= 0.6 is 0 Å². The van der Waals surface area contributed by atoms with Crippen molar-refractivity contribution < 1.29 is 17.6 Å². The molecule has 128 valence electrons. The van der Waals surface area contributed by atoms with Crippen molar-refractivity contribution >= 4 is 15.9 Å². The van der Waals surface area contributed by atoms with Crippen LogP contribution in [0, 0.1) is 0 Å². The number of furan rings is 1. The first-order valence-corrected chi connectivity index (χ1v) is 9.67. The fraction of sp³-hybridized carbons (Fsp3) is 0.353. The highest BCUT2D eigenvalue weighted by Gasteiger charge is 2.38. The van der Waals surface area contributed by atoms with Crippen molar-refractivity contribution in [3.05, 3.63) is 60.1 Å². The van der Waals surface area contributed by atoms with Gasteiger partial charge in [-0.3, -0.25) is 4.79 Å². The standard InChI is InChI=1S/C17H20N2O4S/c1-24(21,22)18-15-7-9-19(17(20)14-8-10-23-12-14)16(15)11-13-5-3-2-4-6-13/h2-6,8,10,12,15-16,18H,7,9,11H2,1H3/t15-,16+/m1/s1. The van der Waals surface area contributed by atoms with E-state index >= 15 is 0 Å². The van der Waals surface area contributed by atoms with Crippen LogP contribution < -0.4 is 4.72 Å². The fourth-order valence-corrected chi connectivity index (χ4v) is 4.00. The second-order valence-electron chi connectivity index (χ2n) is 6.05. The predicted octanol–water partition coefficient (Wildman–Crippen LogP) is 1.65. The molecule has 1 amide bonds. The molecule has 0 unspecified atom stereocenters. The Bertz CT molecular complexity index is 787. The highest BCUT2D eigenvalue weighted by molar-refractivity contribution is 7.88. The average molecular weight is 348 g/mol. The van der Waals surface area contributed by atoms with Gasteiger partial charge in [-0.25, -0.2) is 13.1 Å². The van der Waals surface area contributed by atoms with Gasteiger partial charge in [0.2, 0.25) is 10.0 Å². The molecule has 1 fully saturated rings. The number of sulfonamides is 1. The van der Waals surface area contributed by atoms with E-state index in [9.17, 15) is 13.2 Å². The molecule has 6 nitrogen and oxygen atoms in total. The molecule has 2 heterocycles. The van der Waals surface area contributed by atoms with Gasteiger partial charge >= 0.3 is 0 Å². The molecule has 1 aliphatic heterocycles. The van der Waals surface area contributed by atoms with Gasteiger partial charge in [-0.05, 0) is 24.5 Å². The summed E-state index contributed by atoms with van der Waals surface area (Å²) in [4.78, 5) is 14.4. The average Bonchev–Trinajstić information content (AvgIpc) is 3.17. The second kappa shape index (κ2) is 6.78. The molecular weight excluding hydrogens is 328 g/mol. The normalized spacial score (nSPS) is 21.1. The summed E-state index contributed by atoms with van der Waals surface area (Å²) in [7, 11) is -3.34. The largest absolute Gasteiger partial charge is 0.472 e. The summed E-state index contributed by atoms with van der Waals surface area (Å²) in [6.07, 6.45) is 5.21. The van der Waals surface area contributed by atoms with Crippen molar-refractivity contribution in [3.63, 3.8) is 0 Å². The summed E-state index contributed by atoms with van der Waals surface area (Å²) in [5.74, 6) is -0.137. The number of hydrogen-bond acceptors (Lipinski definition) is 4. The molecule has 1 aliphatic rings. The zero-order valence-corrected chi connectivity index (χ0v) is 14.2. The molecule has 3 rings (SSSR count). The van der Waals surface area contributed by atoms with Crippen molar-refractivity contribution in [3.8, 4) is 0 Å². The highest BCUT2D eigenvalue weighted by Crippen LogP contribution is 2.24. The van der Waals surface area contributed by atoms with Gasteiger partial charge in [0.05, 0.1) is 24.1 Å². The molecule has 0 saturated carbocycles. The van der Waals surface area contributed by atoms with Crippen molar-refractivity contribution in [2.75, 3.05) is 12.8 Å². The number of likely N-dealkylation sites (tertiary alicyclic amines) is 1. The van der Waals surface area contributed by atoms with E-state index < -0.39 is 10.0 Å². The highest BCUT2D eigenvalue weighted by atomic mass is 32.2. The Morgan fingerprint density at radius 2 is 2.04 bits per heavy atom. The third kappa shape index (κ3) is 3.85. The van der Waals surface area contributed by atoms with Crippen LogP contribution in [0.4, 0.5) is 0 Å². The van der Waals surface area contributed by atoms with Crippen LogP contribution in [-0.4, -0.2) is 44.1 Å². The van der Waals surface area contributed by atoms with Crippen LogP contribution in [0.15, 0.2) is 53.3 Å². The van der Waals surface area contributed by atoms with Gasteiger partial charge in [-0.15, -0.1) is 0 Å². The third-order valence-corrected chi connectivity index (χ3v) is 4.96. The summed E-state index contributed by atoms with van der Waals surface area (Å²) in [5, 5.41) is 0. The number of nitrogens with one attached hydrogen (secondary N) is 1. The van der Waals surface area contributed by atoms with E-state index in [2.05, 4.69) is 4.72 Å². The lowest BCUT2D eigenvalue weighted by molar-refractivity contribution is 0.0728. The van der Waals surface area contributed by atoms with Gasteiger partial charge < -0.3 is 9.32 Å². The van der Waals surface area contributed by atoms with Crippen LogP contribution in [0.2, 0.25) is 0 Å². The molecule has 0 bridgehead atoms. The quantitative estimate of drug-likeness (QED) is 0.891. The first-order chi connectivity index (χ1) is 11.4. The summed E-state index contributed by atoms with van der Waals surface area (Å²) < 4.78 is 31.0. The van der Waals surface area contributed by atoms with Crippen molar-refractivity contribution in [2.24, 2.45) is 0 Å². The summed E-state index contributed by atoms with van der Waals surface area (Å²) >= 11 is 0. The van der Waals surface area contributed by atoms with E-state index in [1.807, 2.05) is 30.3 Å². The first-order valence-electron chi connectivity index (χ1n) is 7.78. The number of hydrogen-bond donors (Lipinski definition) is 1. The van der Waals surface area contributed by atoms with Gasteiger partial charge in [-0.2, -0.15) is 0 Å². The molecule has 1 aromatic carbocycles. The minimum Gasteiger partial charge on any atom is -0.472 e. The van der Waals surface area contributed by atoms with Crippen molar-refractivity contribution in [1.29, 1.82) is 0 Å². The predicted molar refractivity (Wildman–Crippen MR) is 90.1 cm³/mol. The summed E-state index contributed by atoms with van der Waals surface area (Å²) in [6.45, 7) is 0.509. The van der Waals surface area contributed by atoms with Crippen LogP contribution in [-0.2, 0) is 16.4 Å². The second-order valence-corrected chi connectivity index (χ2v) is 7.83. The number of carbonyl (C=O) groups is 1. The number of nitrogens with zero attached hydrogens (tertiary/aromatic N) is 1. The lowest BCUT2D eigenvalue weighted by Gasteiger charge is -2.28. The molecule has 0 aliphatic carbocycles. The molecule has 0 spiro atoms. The number of rotatable bonds is 5. The number of carbonyl (C=O) groups excluding carboxylic acids is 1. The monoisotopic (exact) mass is 348 g/mol. The van der Waals surface area contributed by atoms with E-state index in [1.165, 1.54) is 12.5 Å². The molecule has 1 aromatic heterocycles. The third-order valence-electron chi connectivity index (χ3n) is 4.23. The molecule has 7 heteroatoms. The Morgan fingerprint density at radius 3 is 2.67 bits per heavy atom. The zero-order chi connectivity index (χ0) is 17.2. The summed E-state index contributed by atoms with van der Waals surface area (Å²) in [5.41, 5.74) is 1.54. The van der Waals surface area contributed by atoms with Gasteiger partial charge in [0.1, 0.15) is 6.26 Å². The Kier molecular flexibility index (Phi) is 4.73. The van der Waals surface area contributed by atoms with Gasteiger partial charge in [0.25, 0.3) is 5.91 Å². The number of benzene rings is 1. The van der Waals surface area contributed by atoms with E-state index in [1.54, 1.807) is 11.0 Å². The Morgan fingerprint density at radius 1 is 1.29 bits per heavy atom. The minimum absolute atomic E-state index is 0.137. The number of amides is 1. The fourth-order valence-electron chi connectivity index (χ4n) is 3.18. The van der Waals surface area contributed by atoms with Gasteiger partial charge in [0.15, 0.2) is 0 Å². The van der Waals surface area contributed by atoms with E-state index in [0.717, 1.165) is 11.8 Å². The van der Waals surface area contributed by atoms with Crippen molar-refractivity contribution in [1.82, 2.24) is 9.62 Å². The summed E-state index contributed by atoms with van der Waals surface area (Å²) in [6, 6.07) is 10.9. The van der Waals surface area contributed by atoms with Gasteiger partial charge in [0, 0.05) is 12.6 Å². The molecule has 2 aromatic rings. The molecular formula is C17H20N2O4S. The van der Waals surface area contributed by atoms with E-state index in [-0.39, 0.29) is 18.0 Å². The minimum atomic E-state index is -3.34. The SMILES string of the molecule is CS(=O)(=O)N[C@@H]1CCN(C(=O)c2ccoc2)[C@H]1Cc1ccccc1. The maximum absolute atomic E-state index is 12.7. The van der Waals surface area contributed by atoms with E-state index in [0.29, 0.717) is 24.9 Å². The van der Waals surface area contributed by atoms with Crippen LogP contribution in [0.1, 0.15) is 22.3 Å². The molecule has 2 atom stereocenters. The van der Waals surface area contributed by atoms with Crippen LogP contribution in [0.5, 0.6) is 0 Å². The van der Waals surface area contributed by atoms with Crippen LogP contribution in [0.3, 0.4) is 0 Å². The van der Waals surface area contributed by atoms with E-state index in [4.69, 9.17) is 4.42 Å². The Labute approximate surface area is 141 Å². The smallest absolute Gasteiger partial charge is 0.257 e.